The van der Waals surface area contributed by atoms with E-state index in [1.54, 1.807) is 0 Å². The summed E-state index contributed by atoms with van der Waals surface area (Å²) in [5, 5.41) is 4.42. The Balaban J connectivity index is 1.76. The molecule has 1 aliphatic heterocycles. The van der Waals surface area contributed by atoms with Crippen molar-refractivity contribution in [2.75, 3.05) is 6.54 Å². The Labute approximate surface area is 161 Å². The number of pyridine rings is 1. The van der Waals surface area contributed by atoms with E-state index in [0.717, 1.165) is 23.8 Å². The van der Waals surface area contributed by atoms with E-state index in [-0.39, 0.29) is 12.1 Å². The predicted octanol–water partition coefficient (Wildman–Crippen LogP) is 4.61. The fourth-order valence-corrected chi connectivity index (χ4v) is 4.64. The van der Waals surface area contributed by atoms with Crippen LogP contribution in [0, 0.1) is 13.8 Å². The van der Waals surface area contributed by atoms with Crippen molar-refractivity contribution in [1.29, 1.82) is 0 Å². The molecule has 0 radical (unpaired) electrons. The molecule has 138 valence electrons. The van der Waals surface area contributed by atoms with Gasteiger partial charge >= 0.3 is 0 Å². The molecule has 2 aromatic rings. The molecule has 0 unspecified atom stereocenters. The summed E-state index contributed by atoms with van der Waals surface area (Å²) in [6, 6.07) is 9.53. The maximum absolute atomic E-state index is 5.74. The largest absolute Gasteiger partial charge is 0.352 e. The Morgan fingerprint density at radius 3 is 2.73 bits per heavy atom. The van der Waals surface area contributed by atoms with Gasteiger partial charge in [-0.1, -0.05) is 19.4 Å². The molecule has 1 N–H and O–H groups in total. The summed E-state index contributed by atoms with van der Waals surface area (Å²) >= 11 is 5.74. The minimum Gasteiger partial charge on any atom is -0.352 e. The van der Waals surface area contributed by atoms with E-state index in [9.17, 15) is 0 Å². The minimum atomic E-state index is 0.105. The number of nitrogens with one attached hydrogen (secondary N) is 1. The van der Waals surface area contributed by atoms with Gasteiger partial charge in [-0.05, 0) is 69.1 Å². The molecule has 3 heterocycles. The van der Waals surface area contributed by atoms with Crippen molar-refractivity contribution in [1.82, 2.24) is 19.8 Å². The van der Waals surface area contributed by atoms with Crippen molar-refractivity contribution in [3.05, 3.63) is 53.1 Å². The van der Waals surface area contributed by atoms with Crippen LogP contribution in [-0.4, -0.2) is 26.1 Å². The monoisotopic (exact) mass is 368 g/mol. The topological polar surface area (TPSA) is 33.1 Å². The summed E-state index contributed by atoms with van der Waals surface area (Å²) in [7, 11) is 0. The number of thiocarbonyl (C=S) groups is 1. The molecular formula is C21H28N4S. The summed E-state index contributed by atoms with van der Waals surface area (Å²) in [6.07, 6.45) is 6.80. The Hall–Kier alpha value is -1.88. The lowest BCUT2D eigenvalue weighted by Crippen LogP contribution is -2.30. The van der Waals surface area contributed by atoms with Crippen molar-refractivity contribution in [2.45, 2.75) is 64.6 Å². The molecule has 0 bridgehead atoms. The first-order chi connectivity index (χ1) is 12.6. The fourth-order valence-electron chi connectivity index (χ4n) is 4.31. The highest BCUT2D eigenvalue weighted by Crippen LogP contribution is 2.44. The number of aromatic nitrogens is 2. The third kappa shape index (κ3) is 3.02. The molecule has 4 rings (SSSR count). The second kappa shape index (κ2) is 7.03. The molecule has 0 aromatic carbocycles. The molecule has 2 aromatic heterocycles. The number of rotatable bonds is 6. The van der Waals surface area contributed by atoms with Gasteiger partial charge in [0.25, 0.3) is 0 Å². The van der Waals surface area contributed by atoms with Gasteiger partial charge in [0.2, 0.25) is 0 Å². The van der Waals surface area contributed by atoms with Gasteiger partial charge in [0.05, 0.1) is 17.8 Å². The molecule has 5 heteroatoms. The standard InChI is InChI=1S/C21H28N4S/c1-4-5-12-24-20(17-13-14(2)25(15(17)3)16-9-10-16)19(23-21(24)26)18-8-6-7-11-22-18/h6-8,11,13,16,19-20H,4-5,9-10,12H2,1-3H3,(H,23,26)/t19-,20+/m0/s1. The van der Waals surface area contributed by atoms with Crippen molar-refractivity contribution in [2.24, 2.45) is 0 Å². The van der Waals surface area contributed by atoms with Crippen molar-refractivity contribution in [3.8, 4) is 0 Å². The highest BCUT2D eigenvalue weighted by atomic mass is 32.1. The number of hydrogen-bond donors (Lipinski definition) is 1. The van der Waals surface area contributed by atoms with Gasteiger partial charge in [0, 0.05) is 30.2 Å². The molecule has 26 heavy (non-hydrogen) atoms. The molecule has 1 saturated carbocycles. The summed E-state index contributed by atoms with van der Waals surface area (Å²) in [5.41, 5.74) is 5.22. The molecule has 2 aliphatic rings. The molecule has 0 spiro atoms. The van der Waals surface area contributed by atoms with E-state index >= 15 is 0 Å². The molecule has 0 amide bonds. The van der Waals surface area contributed by atoms with Crippen LogP contribution >= 0.6 is 12.2 Å². The van der Waals surface area contributed by atoms with Crippen molar-refractivity contribution in [3.63, 3.8) is 0 Å². The molecule has 2 fully saturated rings. The van der Waals surface area contributed by atoms with Crippen molar-refractivity contribution >= 4 is 17.3 Å². The first-order valence-electron chi connectivity index (χ1n) is 9.78. The fraction of sp³-hybridized carbons (Fsp3) is 0.524. The first-order valence-corrected chi connectivity index (χ1v) is 10.2. The maximum Gasteiger partial charge on any atom is 0.170 e. The normalized spacial score (nSPS) is 22.7. The Morgan fingerprint density at radius 2 is 2.08 bits per heavy atom. The third-order valence-electron chi connectivity index (χ3n) is 5.70. The second-order valence-electron chi connectivity index (χ2n) is 7.60. The molecular weight excluding hydrogens is 340 g/mol. The molecule has 4 nitrogen and oxygen atoms in total. The van der Waals surface area contributed by atoms with Crippen LogP contribution in [0.2, 0.25) is 0 Å². The summed E-state index contributed by atoms with van der Waals surface area (Å²) < 4.78 is 2.53. The van der Waals surface area contributed by atoms with Gasteiger partial charge < -0.3 is 14.8 Å². The lowest BCUT2D eigenvalue weighted by molar-refractivity contribution is 0.311. The number of hydrogen-bond acceptors (Lipinski definition) is 2. The second-order valence-corrected chi connectivity index (χ2v) is 7.99. The van der Waals surface area contributed by atoms with E-state index in [1.165, 1.54) is 36.2 Å². The first kappa shape index (κ1) is 17.5. The van der Waals surface area contributed by atoms with E-state index in [2.05, 4.69) is 58.7 Å². The lowest BCUT2D eigenvalue weighted by atomic mass is 9.96. The predicted molar refractivity (Wildman–Crippen MR) is 109 cm³/mol. The molecule has 2 atom stereocenters. The SMILES string of the molecule is CCCCN1C(=S)N[C@@H](c2ccccn2)[C@H]1c1cc(C)n(C2CC2)c1C. The summed E-state index contributed by atoms with van der Waals surface area (Å²) in [4.78, 5) is 7.02. The summed E-state index contributed by atoms with van der Waals surface area (Å²) in [5.74, 6) is 0. The lowest BCUT2D eigenvalue weighted by Gasteiger charge is -2.28. The quantitative estimate of drug-likeness (QED) is 0.755. The maximum atomic E-state index is 5.74. The van der Waals surface area contributed by atoms with Gasteiger partial charge in [-0.3, -0.25) is 4.98 Å². The Morgan fingerprint density at radius 1 is 1.27 bits per heavy atom. The van der Waals surface area contributed by atoms with Gasteiger partial charge in [-0.25, -0.2) is 0 Å². The van der Waals surface area contributed by atoms with Crippen LogP contribution in [0.1, 0.15) is 73.4 Å². The van der Waals surface area contributed by atoms with Crippen LogP contribution in [-0.2, 0) is 0 Å². The van der Waals surface area contributed by atoms with Crippen molar-refractivity contribution < 1.29 is 0 Å². The zero-order valence-corrected chi connectivity index (χ0v) is 16.7. The van der Waals surface area contributed by atoms with Gasteiger partial charge in [-0.15, -0.1) is 0 Å². The highest BCUT2D eigenvalue weighted by molar-refractivity contribution is 7.80. The van der Waals surface area contributed by atoms with Crippen LogP contribution in [0.3, 0.4) is 0 Å². The summed E-state index contributed by atoms with van der Waals surface area (Å²) in [6.45, 7) is 7.73. The average Bonchev–Trinajstić information content (AvgIpc) is 3.36. The number of aryl methyl sites for hydroxylation is 1. The Bertz CT molecular complexity index is 794. The van der Waals surface area contributed by atoms with Crippen LogP contribution in [0.15, 0.2) is 30.5 Å². The zero-order valence-electron chi connectivity index (χ0n) is 15.9. The van der Waals surface area contributed by atoms with Crippen LogP contribution in [0.25, 0.3) is 0 Å². The van der Waals surface area contributed by atoms with E-state index in [0.29, 0.717) is 6.04 Å². The molecule has 1 aliphatic carbocycles. The van der Waals surface area contributed by atoms with E-state index in [4.69, 9.17) is 12.2 Å². The van der Waals surface area contributed by atoms with Crippen LogP contribution in [0.5, 0.6) is 0 Å². The van der Waals surface area contributed by atoms with Gasteiger partial charge in [0.15, 0.2) is 5.11 Å². The third-order valence-corrected chi connectivity index (χ3v) is 6.06. The minimum absolute atomic E-state index is 0.105. The Kier molecular flexibility index (Phi) is 4.74. The highest BCUT2D eigenvalue weighted by Gasteiger charge is 2.41. The molecule has 1 saturated heterocycles. The van der Waals surface area contributed by atoms with Crippen LogP contribution in [0.4, 0.5) is 0 Å². The van der Waals surface area contributed by atoms with Gasteiger partial charge in [0.1, 0.15) is 0 Å². The number of unbranched alkanes of at least 4 members (excludes halogenated alkanes) is 1. The smallest absolute Gasteiger partial charge is 0.170 e. The van der Waals surface area contributed by atoms with E-state index < -0.39 is 0 Å². The average molecular weight is 369 g/mol. The zero-order chi connectivity index (χ0) is 18.3. The van der Waals surface area contributed by atoms with Gasteiger partial charge in [-0.2, -0.15) is 0 Å². The van der Waals surface area contributed by atoms with Crippen LogP contribution < -0.4 is 5.32 Å². The number of nitrogens with zero attached hydrogens (tertiary/aromatic N) is 3. The van der Waals surface area contributed by atoms with E-state index in [1.807, 2.05) is 12.3 Å².